The molecule has 12 heteroatoms. The number of fused-ring (bicyclic) bond motifs is 1. The summed E-state index contributed by atoms with van der Waals surface area (Å²) in [7, 11) is 0. The Bertz CT molecular complexity index is 1680. The Morgan fingerprint density at radius 2 is 1.75 bits per heavy atom. The largest absolute Gasteiger partial charge is 0.483 e. The minimum Gasteiger partial charge on any atom is -0.483 e. The summed E-state index contributed by atoms with van der Waals surface area (Å²) in [5, 5.41) is 28.3. The number of nitrogens with one attached hydrogen (secondary N) is 2. The van der Waals surface area contributed by atoms with Crippen molar-refractivity contribution in [2.45, 2.75) is 82.5 Å². The second-order valence-electron chi connectivity index (χ2n) is 13.9. The number of likely N-dealkylation sites (N-methyl/N-ethyl adjacent to an activating group) is 1. The van der Waals surface area contributed by atoms with Crippen LogP contribution in [0.4, 0.5) is 5.69 Å². The smallest absolute Gasteiger partial charge is 0.258 e. The number of carbonyl (C=O) groups is 3. The first-order valence-corrected chi connectivity index (χ1v) is 18.5. The molecule has 0 bridgehead atoms. The van der Waals surface area contributed by atoms with Gasteiger partial charge in [-0.05, 0) is 81.0 Å². The normalized spacial score (nSPS) is 20.3. The molecule has 0 radical (unpaired) electrons. The van der Waals surface area contributed by atoms with Crippen LogP contribution in [0.15, 0.2) is 66.7 Å². The van der Waals surface area contributed by atoms with Gasteiger partial charge in [-0.1, -0.05) is 54.6 Å². The van der Waals surface area contributed by atoms with Crippen molar-refractivity contribution in [3.63, 3.8) is 0 Å². The van der Waals surface area contributed by atoms with Crippen LogP contribution in [0.3, 0.4) is 0 Å². The summed E-state index contributed by atoms with van der Waals surface area (Å²) in [6.07, 6.45) is -1.85. The summed E-state index contributed by atoms with van der Waals surface area (Å²) < 4.78 is 5.33. The highest BCUT2D eigenvalue weighted by molar-refractivity contribution is 8.00. The zero-order valence-electron chi connectivity index (χ0n) is 30.1. The topological polar surface area (TPSA) is 157 Å². The van der Waals surface area contributed by atoms with Gasteiger partial charge in [0.25, 0.3) is 11.8 Å². The molecular formula is C39H51N5O6S. The predicted octanol–water partition coefficient (Wildman–Crippen LogP) is 3.01. The highest BCUT2D eigenvalue weighted by Gasteiger charge is 2.50. The van der Waals surface area contributed by atoms with Crippen molar-refractivity contribution in [3.8, 4) is 5.75 Å². The number of rotatable bonds is 14. The molecule has 0 aromatic heterocycles. The second-order valence-corrected chi connectivity index (χ2v) is 15.5. The highest BCUT2D eigenvalue weighted by Crippen LogP contribution is 2.41. The maximum Gasteiger partial charge on any atom is 0.258 e. The fourth-order valence-electron chi connectivity index (χ4n) is 7.19. The minimum absolute atomic E-state index is 0.173. The van der Waals surface area contributed by atoms with Crippen LogP contribution in [0.1, 0.15) is 54.6 Å². The van der Waals surface area contributed by atoms with E-state index in [-0.39, 0.29) is 18.9 Å². The fourth-order valence-corrected chi connectivity index (χ4v) is 8.33. The molecule has 2 aliphatic rings. The third-order valence-electron chi connectivity index (χ3n) is 9.80. The SMILES string of the molecule is CCN(CCN)c1cc(C)c(OCC(=O)N[C@@H](Cc2ccccc2)[C@H](O)C(=O)N2CSC(C)(C)[C@H]2C(=O)N[C@H]2c3ccccc3C[C@H]2O)c(C)c1. The molecule has 1 aliphatic carbocycles. The number of hydrogen-bond donors (Lipinski definition) is 5. The molecule has 274 valence electrons. The zero-order valence-corrected chi connectivity index (χ0v) is 30.9. The van der Waals surface area contributed by atoms with Crippen molar-refractivity contribution >= 4 is 35.2 Å². The maximum absolute atomic E-state index is 14.1. The van der Waals surface area contributed by atoms with E-state index < -0.39 is 52.8 Å². The van der Waals surface area contributed by atoms with E-state index in [2.05, 4.69) is 22.5 Å². The molecule has 0 unspecified atom stereocenters. The lowest BCUT2D eigenvalue weighted by molar-refractivity contribution is -0.148. The quantitative estimate of drug-likeness (QED) is 0.169. The number of aliphatic hydroxyl groups excluding tert-OH is 2. The van der Waals surface area contributed by atoms with E-state index in [1.807, 2.05) is 94.4 Å². The molecule has 0 saturated carbocycles. The molecule has 3 amide bonds. The monoisotopic (exact) mass is 717 g/mol. The van der Waals surface area contributed by atoms with E-state index in [9.17, 15) is 24.6 Å². The van der Waals surface area contributed by atoms with Crippen LogP contribution in [0, 0.1) is 13.8 Å². The Morgan fingerprint density at radius 1 is 1.08 bits per heavy atom. The Balaban J connectivity index is 1.31. The van der Waals surface area contributed by atoms with Crippen molar-refractivity contribution in [2.75, 3.05) is 37.0 Å². The number of nitrogens with two attached hydrogens (primary N) is 1. The number of amides is 3. The van der Waals surface area contributed by atoms with Gasteiger partial charge in [0.15, 0.2) is 12.7 Å². The Labute approximate surface area is 304 Å². The van der Waals surface area contributed by atoms with Crippen molar-refractivity contribution in [3.05, 3.63) is 94.5 Å². The van der Waals surface area contributed by atoms with Gasteiger partial charge < -0.3 is 41.1 Å². The van der Waals surface area contributed by atoms with Crippen LogP contribution >= 0.6 is 11.8 Å². The average molecular weight is 718 g/mol. The Kier molecular flexibility index (Phi) is 12.3. The number of anilines is 1. The van der Waals surface area contributed by atoms with Gasteiger partial charge in [-0.2, -0.15) is 0 Å². The third-order valence-corrected chi connectivity index (χ3v) is 11.2. The molecule has 1 heterocycles. The molecule has 1 saturated heterocycles. The molecule has 6 N–H and O–H groups in total. The average Bonchev–Trinajstić information content (AvgIpc) is 3.60. The summed E-state index contributed by atoms with van der Waals surface area (Å²) >= 11 is 1.43. The number of nitrogens with zero attached hydrogens (tertiary/aromatic N) is 2. The van der Waals surface area contributed by atoms with E-state index in [1.165, 1.54) is 16.7 Å². The number of ether oxygens (including phenoxy) is 1. The molecule has 0 spiro atoms. The number of carbonyl (C=O) groups excluding carboxylic acids is 3. The summed E-state index contributed by atoms with van der Waals surface area (Å²) in [6.45, 7) is 11.4. The summed E-state index contributed by atoms with van der Waals surface area (Å²) in [5.41, 5.74) is 11.2. The lowest BCUT2D eigenvalue weighted by Crippen LogP contribution is -2.59. The van der Waals surface area contributed by atoms with Gasteiger partial charge in [0.05, 0.1) is 24.1 Å². The molecule has 51 heavy (non-hydrogen) atoms. The molecule has 3 aromatic carbocycles. The van der Waals surface area contributed by atoms with Crippen molar-refractivity contribution in [1.29, 1.82) is 0 Å². The van der Waals surface area contributed by atoms with Crippen LogP contribution < -0.4 is 26.0 Å². The van der Waals surface area contributed by atoms with Gasteiger partial charge >= 0.3 is 0 Å². The van der Waals surface area contributed by atoms with Crippen molar-refractivity contribution in [2.24, 2.45) is 5.73 Å². The standard InChI is InChI=1S/C39H51N5O6S/c1-6-43(17-16-40)28-18-24(2)35(25(3)19-28)50-22-32(46)41-30(20-26-12-8-7-9-13-26)34(47)38(49)44-23-51-39(4,5)36(44)37(48)42-33-29-15-11-10-14-27(29)21-31(33)45/h7-15,18-19,30-31,33-34,36,45,47H,6,16-17,20-23,40H2,1-5H3,(H,41,46)(H,42,48)/t30-,31+,33-,34-,36+/m0/s1. The number of aliphatic hydroxyl groups is 2. The fraction of sp³-hybridized carbons (Fsp3) is 0.462. The summed E-state index contributed by atoms with van der Waals surface area (Å²) in [5.74, 6) is -0.805. The lowest BCUT2D eigenvalue weighted by Gasteiger charge is -2.34. The minimum atomic E-state index is -1.65. The van der Waals surface area contributed by atoms with Gasteiger partial charge in [0.2, 0.25) is 5.91 Å². The third kappa shape index (κ3) is 8.69. The van der Waals surface area contributed by atoms with Crippen molar-refractivity contribution < 1.29 is 29.3 Å². The van der Waals surface area contributed by atoms with Gasteiger partial charge in [-0.25, -0.2) is 0 Å². The van der Waals surface area contributed by atoms with Gasteiger partial charge in [0, 0.05) is 36.5 Å². The lowest BCUT2D eigenvalue weighted by atomic mass is 9.96. The number of hydrogen-bond acceptors (Lipinski definition) is 9. The van der Waals surface area contributed by atoms with E-state index in [0.29, 0.717) is 18.7 Å². The van der Waals surface area contributed by atoms with Gasteiger partial charge in [0.1, 0.15) is 11.8 Å². The number of benzene rings is 3. The molecule has 5 rings (SSSR count). The van der Waals surface area contributed by atoms with Gasteiger partial charge in [-0.15, -0.1) is 11.8 Å². The molecule has 11 nitrogen and oxygen atoms in total. The van der Waals surface area contributed by atoms with E-state index >= 15 is 0 Å². The Morgan fingerprint density at radius 3 is 2.41 bits per heavy atom. The highest BCUT2D eigenvalue weighted by atomic mass is 32.2. The first-order valence-electron chi connectivity index (χ1n) is 17.6. The van der Waals surface area contributed by atoms with E-state index in [1.54, 1.807) is 0 Å². The summed E-state index contributed by atoms with van der Waals surface area (Å²) in [4.78, 5) is 45.0. The molecule has 3 aromatic rings. The molecule has 5 atom stereocenters. The van der Waals surface area contributed by atoms with E-state index in [0.717, 1.165) is 46.6 Å². The van der Waals surface area contributed by atoms with E-state index in [4.69, 9.17) is 10.5 Å². The molecule has 1 fully saturated rings. The first-order chi connectivity index (χ1) is 24.3. The first kappa shape index (κ1) is 38.1. The summed E-state index contributed by atoms with van der Waals surface area (Å²) in [6, 6.07) is 18.4. The predicted molar refractivity (Wildman–Crippen MR) is 201 cm³/mol. The maximum atomic E-state index is 14.1. The van der Waals surface area contributed by atoms with Crippen LogP contribution in [0.25, 0.3) is 0 Å². The van der Waals surface area contributed by atoms with Crippen LogP contribution in [0.5, 0.6) is 5.75 Å². The van der Waals surface area contributed by atoms with Crippen molar-refractivity contribution in [1.82, 2.24) is 15.5 Å². The zero-order chi connectivity index (χ0) is 36.9. The van der Waals surface area contributed by atoms with Crippen LogP contribution in [0.2, 0.25) is 0 Å². The molecular weight excluding hydrogens is 667 g/mol. The molecule has 1 aliphatic heterocycles. The Hall–Kier alpha value is -4.10. The van der Waals surface area contributed by atoms with Crippen LogP contribution in [-0.4, -0.2) is 94.0 Å². The second kappa shape index (κ2) is 16.5. The number of thioether (sulfide) groups is 1. The number of aryl methyl sites for hydroxylation is 2. The van der Waals surface area contributed by atoms with Crippen LogP contribution in [-0.2, 0) is 27.2 Å². The van der Waals surface area contributed by atoms with Gasteiger partial charge in [-0.3, -0.25) is 14.4 Å².